The fourth-order valence-corrected chi connectivity index (χ4v) is 4.49. The molecule has 1 saturated heterocycles. The average molecular weight is 543 g/mol. The molecule has 2 amide bonds. The van der Waals surface area contributed by atoms with Crippen molar-refractivity contribution in [2.45, 2.75) is 77.9 Å². The lowest BCUT2D eigenvalue weighted by atomic mass is 9.99. The Balaban J connectivity index is 1.56. The van der Waals surface area contributed by atoms with E-state index in [4.69, 9.17) is 19.6 Å². The number of nitrogens with zero attached hydrogens (tertiary/aromatic N) is 1. The number of aliphatic hydroxyl groups is 1. The molecule has 1 aromatic rings. The van der Waals surface area contributed by atoms with E-state index in [9.17, 15) is 14.7 Å². The second kappa shape index (κ2) is 12.8. The van der Waals surface area contributed by atoms with Crippen LogP contribution in [0.25, 0.3) is 0 Å². The molecule has 0 unspecified atom stereocenters. The minimum absolute atomic E-state index is 0.0927. The third-order valence-electron chi connectivity index (χ3n) is 6.09. The van der Waals surface area contributed by atoms with E-state index in [0.29, 0.717) is 37.5 Å². The maximum atomic E-state index is 13.2. The van der Waals surface area contributed by atoms with Gasteiger partial charge in [0.25, 0.3) is 5.91 Å². The first-order valence-corrected chi connectivity index (χ1v) is 13.3. The highest BCUT2D eigenvalue weighted by molar-refractivity contribution is 6.05. The van der Waals surface area contributed by atoms with Crippen LogP contribution in [0.1, 0.15) is 53.5 Å². The van der Waals surface area contributed by atoms with Gasteiger partial charge in [-0.1, -0.05) is 26.0 Å². The third kappa shape index (κ3) is 9.80. The molecular formula is C29H42N4O6. The minimum Gasteiger partial charge on any atom is -0.460 e. The summed E-state index contributed by atoms with van der Waals surface area (Å²) in [5.41, 5.74) is 0.0538. The van der Waals surface area contributed by atoms with Crippen LogP contribution < -0.4 is 15.4 Å². The van der Waals surface area contributed by atoms with Gasteiger partial charge in [-0.25, -0.2) is 0 Å². The molecule has 4 N–H and O–H groups in total. The fourth-order valence-electron chi connectivity index (χ4n) is 4.49. The van der Waals surface area contributed by atoms with Crippen molar-refractivity contribution in [1.82, 2.24) is 15.5 Å². The highest BCUT2D eigenvalue weighted by Crippen LogP contribution is 2.25. The number of nitrogens with one attached hydrogen (secondary N) is 3. The summed E-state index contributed by atoms with van der Waals surface area (Å²) < 4.78 is 17.2. The number of ether oxygens (including phenoxy) is 3. The Morgan fingerprint density at radius 1 is 1.36 bits per heavy atom. The standard InChI is InChI=1S/C29H42N4O6/c1-19(2)12-24(27(35)32-25(30)10-11-31-16-23-18-37-29(5,6)39-23)33-17-22(14-26(33)34)38-21-9-7-8-20(13-21)15-28(3,4)36/h7-11,13-14,19,23-24,31,36H,12,15-18H2,1-6H3,(H2,30,32,35)/b11-10-/t23-,24+/m1/s1. The molecule has 2 atom stereocenters. The molecule has 0 spiro atoms. The van der Waals surface area contributed by atoms with E-state index in [1.807, 2.05) is 45.9 Å². The normalized spacial score (nSPS) is 19.9. The van der Waals surface area contributed by atoms with Crippen LogP contribution in [0, 0.1) is 11.3 Å². The lowest BCUT2D eigenvalue weighted by Gasteiger charge is -2.28. The first kappa shape index (κ1) is 30.3. The summed E-state index contributed by atoms with van der Waals surface area (Å²) in [4.78, 5) is 27.5. The summed E-state index contributed by atoms with van der Waals surface area (Å²) in [6.45, 7) is 12.3. The topological polar surface area (TPSA) is 133 Å². The summed E-state index contributed by atoms with van der Waals surface area (Å²) in [5, 5.41) is 23.9. The molecule has 2 heterocycles. The van der Waals surface area contributed by atoms with Gasteiger partial charge in [0.15, 0.2) is 5.79 Å². The van der Waals surface area contributed by atoms with Gasteiger partial charge in [-0.15, -0.1) is 0 Å². The number of amides is 2. The van der Waals surface area contributed by atoms with E-state index < -0.39 is 23.3 Å². The monoisotopic (exact) mass is 542 g/mol. The highest BCUT2D eigenvalue weighted by Gasteiger charge is 2.35. The first-order valence-electron chi connectivity index (χ1n) is 13.3. The van der Waals surface area contributed by atoms with Gasteiger partial charge in [0.2, 0.25) is 5.91 Å². The van der Waals surface area contributed by atoms with Gasteiger partial charge in [-0.3, -0.25) is 15.0 Å². The zero-order valence-electron chi connectivity index (χ0n) is 23.7. The van der Waals surface area contributed by atoms with Gasteiger partial charge < -0.3 is 34.9 Å². The van der Waals surface area contributed by atoms with E-state index in [-0.39, 0.29) is 30.3 Å². The summed E-state index contributed by atoms with van der Waals surface area (Å²) in [7, 11) is 0. The van der Waals surface area contributed by atoms with E-state index in [1.54, 1.807) is 26.1 Å². The van der Waals surface area contributed by atoms with Gasteiger partial charge >= 0.3 is 0 Å². The number of amidine groups is 1. The van der Waals surface area contributed by atoms with Crippen LogP contribution in [0.4, 0.5) is 0 Å². The van der Waals surface area contributed by atoms with Gasteiger partial charge in [-0.2, -0.15) is 0 Å². The van der Waals surface area contributed by atoms with Crippen molar-refractivity contribution in [3.8, 4) is 5.75 Å². The molecule has 39 heavy (non-hydrogen) atoms. The van der Waals surface area contributed by atoms with Crippen LogP contribution in [-0.2, 0) is 25.5 Å². The SMILES string of the molecule is CC(C)C[C@@H](C(=O)NC(=N)/C=C\NC[C@@H]1COC(C)(C)O1)N1CC(Oc2cccc(CC(C)(C)O)c2)=CC1=O. The number of rotatable bonds is 12. The second-order valence-electron chi connectivity index (χ2n) is 11.6. The minimum atomic E-state index is -0.856. The predicted molar refractivity (Wildman–Crippen MR) is 148 cm³/mol. The zero-order chi connectivity index (χ0) is 28.8. The molecule has 214 valence electrons. The molecule has 10 heteroatoms. The smallest absolute Gasteiger partial charge is 0.251 e. The third-order valence-corrected chi connectivity index (χ3v) is 6.09. The van der Waals surface area contributed by atoms with Gasteiger partial charge in [0.1, 0.15) is 29.5 Å². The zero-order valence-corrected chi connectivity index (χ0v) is 23.7. The quantitative estimate of drug-likeness (QED) is 0.236. The molecule has 0 aromatic heterocycles. The molecule has 0 radical (unpaired) electrons. The van der Waals surface area contributed by atoms with Crippen molar-refractivity contribution in [1.29, 1.82) is 5.41 Å². The maximum Gasteiger partial charge on any atom is 0.251 e. The second-order valence-corrected chi connectivity index (χ2v) is 11.6. The average Bonchev–Trinajstić information content (AvgIpc) is 3.34. The number of hydrogen-bond acceptors (Lipinski definition) is 8. The molecule has 0 saturated carbocycles. The summed E-state index contributed by atoms with van der Waals surface area (Å²) in [6, 6.07) is 6.60. The van der Waals surface area contributed by atoms with E-state index >= 15 is 0 Å². The molecule has 10 nitrogen and oxygen atoms in total. The number of benzene rings is 1. The summed E-state index contributed by atoms with van der Waals surface area (Å²) in [6.07, 6.45) is 5.22. The van der Waals surface area contributed by atoms with Crippen molar-refractivity contribution in [3.05, 3.63) is 53.9 Å². The molecular weight excluding hydrogens is 500 g/mol. The van der Waals surface area contributed by atoms with E-state index in [0.717, 1.165) is 5.56 Å². The lowest BCUT2D eigenvalue weighted by molar-refractivity contribution is -0.137. The van der Waals surface area contributed by atoms with Crippen molar-refractivity contribution in [3.63, 3.8) is 0 Å². The number of carbonyl (C=O) groups is 2. The van der Waals surface area contributed by atoms with Crippen LogP contribution in [0.3, 0.4) is 0 Å². The van der Waals surface area contributed by atoms with Crippen LogP contribution in [0.5, 0.6) is 5.75 Å². The van der Waals surface area contributed by atoms with Crippen LogP contribution >= 0.6 is 0 Å². The Labute approximate surface area is 230 Å². The Bertz CT molecular complexity index is 1110. The number of carbonyl (C=O) groups excluding carboxylic acids is 2. The van der Waals surface area contributed by atoms with Gasteiger partial charge in [-0.05, 0) is 63.8 Å². The Hall–Kier alpha value is -3.21. The molecule has 2 aliphatic heterocycles. The fraction of sp³-hybridized carbons (Fsp3) is 0.552. The Morgan fingerprint density at radius 3 is 2.74 bits per heavy atom. The number of hydrogen-bond donors (Lipinski definition) is 4. The lowest BCUT2D eigenvalue weighted by Crippen LogP contribution is -2.49. The van der Waals surface area contributed by atoms with Crippen LogP contribution in [0.15, 0.2) is 48.4 Å². The molecule has 0 aliphatic carbocycles. The van der Waals surface area contributed by atoms with E-state index in [1.165, 1.54) is 17.1 Å². The van der Waals surface area contributed by atoms with Crippen LogP contribution in [0.2, 0.25) is 0 Å². The maximum absolute atomic E-state index is 13.2. The molecule has 2 aliphatic rings. The predicted octanol–water partition coefficient (Wildman–Crippen LogP) is 2.87. The van der Waals surface area contributed by atoms with Crippen molar-refractivity contribution in [2.24, 2.45) is 5.92 Å². The molecule has 1 aromatic carbocycles. The highest BCUT2D eigenvalue weighted by atomic mass is 16.7. The first-order chi connectivity index (χ1) is 18.2. The molecule has 3 rings (SSSR count). The summed E-state index contributed by atoms with van der Waals surface area (Å²) >= 11 is 0. The molecule has 0 bridgehead atoms. The van der Waals surface area contributed by atoms with Gasteiger partial charge in [0, 0.05) is 25.2 Å². The van der Waals surface area contributed by atoms with Crippen molar-refractivity contribution in [2.75, 3.05) is 19.7 Å². The largest absolute Gasteiger partial charge is 0.460 e. The van der Waals surface area contributed by atoms with Gasteiger partial charge in [0.05, 0.1) is 18.8 Å². The molecule has 1 fully saturated rings. The Morgan fingerprint density at radius 2 is 2.10 bits per heavy atom. The van der Waals surface area contributed by atoms with Crippen LogP contribution in [-0.4, -0.2) is 70.9 Å². The van der Waals surface area contributed by atoms with Crippen molar-refractivity contribution >= 4 is 17.6 Å². The van der Waals surface area contributed by atoms with E-state index in [2.05, 4.69) is 10.6 Å². The summed E-state index contributed by atoms with van der Waals surface area (Å²) in [5.74, 6) is -0.309. The van der Waals surface area contributed by atoms with Crippen molar-refractivity contribution < 1.29 is 28.9 Å². The Kier molecular flexibility index (Phi) is 9.93.